The third-order valence-electron chi connectivity index (χ3n) is 4.15. The minimum Gasteiger partial charge on any atom is -0.491 e. The molecular formula is C19H22N2O3. The first-order valence-corrected chi connectivity index (χ1v) is 8.50. The molecule has 0 saturated carbocycles. The summed E-state index contributed by atoms with van der Waals surface area (Å²) in [6, 6.07) is 7.58. The standard InChI is InChI=1S/C19H22N2O3/c1-3-5-11-24-17-13-9-7-6-8-12(13)14-15(16(17)20-10-4-2)19(23)21-18(14)22/h6-9,20H,3-5,10-11H2,1-2H3,(H,21,22,23). The Labute approximate surface area is 141 Å². The molecule has 0 saturated heterocycles. The Balaban J connectivity index is 2.25. The van der Waals surface area contributed by atoms with Gasteiger partial charge in [0.05, 0.1) is 23.4 Å². The lowest BCUT2D eigenvalue weighted by Crippen LogP contribution is -2.20. The van der Waals surface area contributed by atoms with E-state index in [4.69, 9.17) is 4.74 Å². The molecule has 0 spiro atoms. The molecule has 24 heavy (non-hydrogen) atoms. The Morgan fingerprint density at radius 1 is 1.00 bits per heavy atom. The molecule has 0 bridgehead atoms. The van der Waals surface area contributed by atoms with Crippen molar-refractivity contribution in [1.29, 1.82) is 0 Å². The zero-order valence-corrected chi connectivity index (χ0v) is 14.1. The monoisotopic (exact) mass is 326 g/mol. The van der Waals surface area contributed by atoms with Gasteiger partial charge in [-0.05, 0) is 18.2 Å². The van der Waals surface area contributed by atoms with Crippen LogP contribution in [0.25, 0.3) is 10.8 Å². The highest BCUT2D eigenvalue weighted by Gasteiger charge is 2.34. The first-order chi connectivity index (χ1) is 11.7. The molecule has 1 heterocycles. The second-order valence-electron chi connectivity index (χ2n) is 5.91. The van der Waals surface area contributed by atoms with Crippen molar-refractivity contribution in [3.05, 3.63) is 35.4 Å². The van der Waals surface area contributed by atoms with Gasteiger partial charge in [0.25, 0.3) is 11.8 Å². The molecule has 0 radical (unpaired) electrons. The summed E-state index contributed by atoms with van der Waals surface area (Å²) in [5, 5.41) is 7.32. The van der Waals surface area contributed by atoms with Crippen LogP contribution >= 0.6 is 0 Å². The lowest BCUT2D eigenvalue weighted by molar-refractivity contribution is 0.0880. The average Bonchev–Trinajstić information content (AvgIpc) is 2.89. The molecule has 0 aliphatic carbocycles. The lowest BCUT2D eigenvalue weighted by Gasteiger charge is -2.18. The van der Waals surface area contributed by atoms with Crippen molar-refractivity contribution >= 4 is 28.3 Å². The number of hydrogen-bond acceptors (Lipinski definition) is 4. The Morgan fingerprint density at radius 3 is 2.42 bits per heavy atom. The molecule has 0 aromatic heterocycles. The molecule has 2 aromatic carbocycles. The first-order valence-electron chi connectivity index (χ1n) is 8.50. The highest BCUT2D eigenvalue weighted by Crippen LogP contribution is 2.42. The van der Waals surface area contributed by atoms with Crippen molar-refractivity contribution in [3.63, 3.8) is 0 Å². The molecule has 2 aromatic rings. The van der Waals surface area contributed by atoms with Gasteiger partial charge in [-0.3, -0.25) is 14.9 Å². The van der Waals surface area contributed by atoms with Crippen molar-refractivity contribution in [3.8, 4) is 5.75 Å². The van der Waals surface area contributed by atoms with Crippen molar-refractivity contribution < 1.29 is 14.3 Å². The molecule has 5 nitrogen and oxygen atoms in total. The van der Waals surface area contributed by atoms with E-state index in [9.17, 15) is 9.59 Å². The number of unbranched alkanes of at least 4 members (excludes halogenated alkanes) is 1. The molecule has 1 aliphatic heterocycles. The summed E-state index contributed by atoms with van der Waals surface area (Å²) in [4.78, 5) is 24.6. The third-order valence-corrected chi connectivity index (χ3v) is 4.15. The van der Waals surface area contributed by atoms with Crippen LogP contribution < -0.4 is 15.4 Å². The molecule has 3 rings (SSSR count). The van der Waals surface area contributed by atoms with Gasteiger partial charge >= 0.3 is 0 Å². The summed E-state index contributed by atoms with van der Waals surface area (Å²) in [6.07, 6.45) is 2.87. The van der Waals surface area contributed by atoms with Gasteiger partial charge in [-0.15, -0.1) is 0 Å². The first kappa shape index (κ1) is 16.3. The maximum Gasteiger partial charge on any atom is 0.261 e. The molecule has 0 unspecified atom stereocenters. The van der Waals surface area contributed by atoms with Gasteiger partial charge in [0, 0.05) is 11.9 Å². The topological polar surface area (TPSA) is 67.4 Å². The average molecular weight is 326 g/mol. The fraction of sp³-hybridized carbons (Fsp3) is 0.368. The zero-order valence-electron chi connectivity index (χ0n) is 14.1. The van der Waals surface area contributed by atoms with Gasteiger partial charge in [-0.25, -0.2) is 0 Å². The van der Waals surface area contributed by atoms with Gasteiger partial charge in [0.2, 0.25) is 0 Å². The fourth-order valence-electron chi connectivity index (χ4n) is 2.99. The van der Waals surface area contributed by atoms with E-state index in [1.54, 1.807) is 0 Å². The SMILES string of the molecule is CCCCOc1c(NCCC)c2c(c3ccccc13)C(=O)NC2=O. The Bertz CT molecular complexity index is 799. The third kappa shape index (κ3) is 2.70. The number of rotatable bonds is 7. The maximum atomic E-state index is 12.4. The van der Waals surface area contributed by atoms with E-state index in [0.29, 0.717) is 35.7 Å². The number of fused-ring (bicyclic) bond motifs is 3. The van der Waals surface area contributed by atoms with E-state index < -0.39 is 0 Å². The van der Waals surface area contributed by atoms with E-state index in [1.165, 1.54) is 0 Å². The highest BCUT2D eigenvalue weighted by atomic mass is 16.5. The summed E-state index contributed by atoms with van der Waals surface area (Å²) in [5.41, 5.74) is 1.47. The second-order valence-corrected chi connectivity index (χ2v) is 5.91. The molecule has 1 aliphatic rings. The summed E-state index contributed by atoms with van der Waals surface area (Å²) in [5.74, 6) is -0.0401. The number of nitrogens with one attached hydrogen (secondary N) is 2. The number of carbonyl (C=O) groups is 2. The molecule has 2 N–H and O–H groups in total. The normalized spacial score (nSPS) is 13.1. The molecule has 0 atom stereocenters. The van der Waals surface area contributed by atoms with E-state index in [2.05, 4.69) is 24.5 Å². The maximum absolute atomic E-state index is 12.4. The quantitative estimate of drug-likeness (QED) is 0.601. The van der Waals surface area contributed by atoms with Crippen LogP contribution in [0, 0.1) is 0 Å². The minimum atomic E-state index is -0.361. The lowest BCUT2D eigenvalue weighted by atomic mass is 9.97. The predicted molar refractivity (Wildman–Crippen MR) is 94.9 cm³/mol. The van der Waals surface area contributed by atoms with Crippen LogP contribution in [0.2, 0.25) is 0 Å². The van der Waals surface area contributed by atoms with Crippen LogP contribution in [0.3, 0.4) is 0 Å². The van der Waals surface area contributed by atoms with Crippen molar-refractivity contribution in [2.24, 2.45) is 0 Å². The highest BCUT2D eigenvalue weighted by molar-refractivity contribution is 6.30. The largest absolute Gasteiger partial charge is 0.491 e. The number of anilines is 1. The van der Waals surface area contributed by atoms with E-state index in [1.807, 2.05) is 24.3 Å². The number of amides is 2. The summed E-state index contributed by atoms with van der Waals surface area (Å²) >= 11 is 0. The summed E-state index contributed by atoms with van der Waals surface area (Å²) in [7, 11) is 0. The van der Waals surface area contributed by atoms with Crippen molar-refractivity contribution in [2.45, 2.75) is 33.1 Å². The Kier molecular flexibility index (Phi) is 4.69. The zero-order chi connectivity index (χ0) is 17.1. The molecule has 2 amide bonds. The number of ether oxygens (including phenoxy) is 1. The van der Waals surface area contributed by atoms with Crippen molar-refractivity contribution in [1.82, 2.24) is 5.32 Å². The smallest absolute Gasteiger partial charge is 0.261 e. The predicted octanol–water partition coefficient (Wildman–Crippen LogP) is 3.72. The van der Waals surface area contributed by atoms with Gasteiger partial charge in [0.15, 0.2) is 5.75 Å². The number of hydrogen-bond donors (Lipinski definition) is 2. The van der Waals surface area contributed by atoms with E-state index >= 15 is 0 Å². The van der Waals surface area contributed by atoms with E-state index in [0.717, 1.165) is 30.0 Å². The second kappa shape index (κ2) is 6.91. The van der Waals surface area contributed by atoms with E-state index in [-0.39, 0.29) is 11.8 Å². The number of imide groups is 1. The fourth-order valence-corrected chi connectivity index (χ4v) is 2.99. The van der Waals surface area contributed by atoms with Gasteiger partial charge in [-0.1, -0.05) is 44.5 Å². The molecule has 5 heteroatoms. The van der Waals surface area contributed by atoms with Crippen LogP contribution in [-0.4, -0.2) is 25.0 Å². The Morgan fingerprint density at radius 2 is 1.71 bits per heavy atom. The number of benzene rings is 2. The summed E-state index contributed by atoms with van der Waals surface area (Å²) in [6.45, 7) is 5.44. The number of carbonyl (C=O) groups excluding carboxylic acids is 2. The van der Waals surface area contributed by atoms with Crippen LogP contribution in [0.15, 0.2) is 24.3 Å². The molecular weight excluding hydrogens is 304 g/mol. The molecule has 126 valence electrons. The van der Waals surface area contributed by atoms with Gasteiger partial charge < -0.3 is 10.1 Å². The minimum absolute atomic E-state index is 0.342. The van der Waals surface area contributed by atoms with Gasteiger partial charge in [0.1, 0.15) is 0 Å². The van der Waals surface area contributed by atoms with Crippen LogP contribution in [0.1, 0.15) is 53.8 Å². The van der Waals surface area contributed by atoms with Crippen LogP contribution in [0.5, 0.6) is 5.75 Å². The Hall–Kier alpha value is -2.56. The van der Waals surface area contributed by atoms with Crippen LogP contribution in [0.4, 0.5) is 5.69 Å². The molecule has 0 fully saturated rings. The van der Waals surface area contributed by atoms with Crippen LogP contribution in [-0.2, 0) is 0 Å². The summed E-state index contributed by atoms with van der Waals surface area (Å²) < 4.78 is 6.04. The van der Waals surface area contributed by atoms with Gasteiger partial charge in [-0.2, -0.15) is 0 Å². The van der Waals surface area contributed by atoms with Crippen molar-refractivity contribution in [2.75, 3.05) is 18.5 Å².